The number of nitrogens with one attached hydrogen (secondary N) is 3. The second kappa shape index (κ2) is 17.3. The summed E-state index contributed by atoms with van der Waals surface area (Å²) in [7, 11) is -4.43. The zero-order valence-corrected chi connectivity index (χ0v) is 22.8. The normalized spacial score (nSPS) is 10.7. The molecule has 0 bridgehead atoms. The average Bonchev–Trinajstić information content (AvgIpc) is 2.99. The van der Waals surface area contributed by atoms with E-state index in [4.69, 9.17) is 27.8 Å². The van der Waals surface area contributed by atoms with Gasteiger partial charge in [0.2, 0.25) is 0 Å². The van der Waals surface area contributed by atoms with Crippen molar-refractivity contribution >= 4 is 26.1 Å². The average molecular weight is 588 g/mol. The number of hydrogen-bond acceptors (Lipinski definition) is 10. The SMILES string of the molecule is O=C(NCOP(=O)(OCNC(=O)OCc1ccccc1)OCNC(=O)OCc1ccccc1)OCc1ccccc1. The van der Waals surface area contributed by atoms with E-state index in [9.17, 15) is 18.9 Å². The number of rotatable bonds is 15. The maximum atomic E-state index is 13.1. The van der Waals surface area contributed by atoms with Gasteiger partial charge in [-0.3, -0.25) is 29.5 Å². The Labute approximate surface area is 236 Å². The predicted octanol–water partition coefficient (Wildman–Crippen LogP) is 4.80. The van der Waals surface area contributed by atoms with Gasteiger partial charge in [0, 0.05) is 0 Å². The van der Waals surface area contributed by atoms with Crippen molar-refractivity contribution in [3.8, 4) is 0 Å². The lowest BCUT2D eigenvalue weighted by molar-refractivity contribution is 0.0803. The van der Waals surface area contributed by atoms with Crippen LogP contribution in [-0.2, 0) is 52.2 Å². The zero-order valence-electron chi connectivity index (χ0n) is 21.9. The van der Waals surface area contributed by atoms with E-state index >= 15 is 0 Å². The first-order valence-electron chi connectivity index (χ1n) is 12.3. The molecule has 0 atom stereocenters. The highest BCUT2D eigenvalue weighted by atomic mass is 31.2. The maximum Gasteiger partial charge on any atom is 0.479 e. The number of phosphoric ester groups is 1. The van der Waals surface area contributed by atoms with Crippen molar-refractivity contribution in [1.82, 2.24) is 16.0 Å². The summed E-state index contributed by atoms with van der Waals surface area (Å²) in [6.07, 6.45) is -2.57. The molecular weight excluding hydrogens is 557 g/mol. The lowest BCUT2D eigenvalue weighted by atomic mass is 10.2. The van der Waals surface area contributed by atoms with Gasteiger partial charge < -0.3 is 14.2 Å². The minimum Gasteiger partial charge on any atom is -0.445 e. The Hall–Kier alpha value is -4.42. The van der Waals surface area contributed by atoms with Gasteiger partial charge in [0.15, 0.2) is 0 Å². The van der Waals surface area contributed by atoms with E-state index in [1.54, 1.807) is 72.8 Å². The van der Waals surface area contributed by atoms with Crippen molar-refractivity contribution in [3.63, 3.8) is 0 Å². The fourth-order valence-corrected chi connectivity index (χ4v) is 3.84. The van der Waals surface area contributed by atoms with Gasteiger partial charge in [-0.1, -0.05) is 91.0 Å². The third-order valence-corrected chi connectivity index (χ3v) is 6.29. The molecule has 14 heteroatoms. The first-order valence-corrected chi connectivity index (χ1v) is 13.8. The molecule has 0 aliphatic rings. The Balaban J connectivity index is 1.43. The standard InChI is InChI=1S/C27H30N3O10P/c31-25(35-16-22-10-4-1-5-11-22)28-19-38-41(34,39-20-29-26(32)36-17-23-12-6-2-7-13-23)40-21-30-27(33)37-18-24-14-8-3-9-15-24/h1-15H,16-21H2,(H,28,31)(H,29,32)(H,30,33). The summed E-state index contributed by atoms with van der Waals surface area (Å²) in [5, 5.41) is 6.73. The van der Waals surface area contributed by atoms with E-state index in [1.807, 2.05) is 18.2 Å². The van der Waals surface area contributed by atoms with Gasteiger partial charge in [0.05, 0.1) is 0 Å². The summed E-state index contributed by atoms with van der Waals surface area (Å²) in [6, 6.07) is 26.9. The third-order valence-electron chi connectivity index (χ3n) is 4.96. The molecule has 0 fully saturated rings. The Morgan fingerprint density at radius 1 is 0.488 bits per heavy atom. The first-order chi connectivity index (χ1) is 19.9. The number of phosphoric acid groups is 1. The monoisotopic (exact) mass is 587 g/mol. The van der Waals surface area contributed by atoms with Crippen LogP contribution in [0.25, 0.3) is 0 Å². The third kappa shape index (κ3) is 13.0. The highest BCUT2D eigenvalue weighted by Crippen LogP contribution is 2.48. The van der Waals surface area contributed by atoms with Gasteiger partial charge in [-0.05, 0) is 16.7 Å². The van der Waals surface area contributed by atoms with Gasteiger partial charge in [-0.15, -0.1) is 0 Å². The second-order valence-corrected chi connectivity index (χ2v) is 9.65. The van der Waals surface area contributed by atoms with Crippen molar-refractivity contribution < 1.29 is 46.7 Å². The number of alkyl carbamates (subject to hydrolysis) is 3. The Bertz CT molecular complexity index is 1110. The number of carbonyl (C=O) groups is 3. The molecule has 0 spiro atoms. The predicted molar refractivity (Wildman–Crippen MR) is 145 cm³/mol. The summed E-state index contributed by atoms with van der Waals surface area (Å²) in [5.74, 6) is 0. The molecule has 0 aliphatic heterocycles. The molecule has 41 heavy (non-hydrogen) atoms. The molecule has 218 valence electrons. The summed E-state index contributed by atoms with van der Waals surface area (Å²) in [4.78, 5) is 35.9. The van der Waals surface area contributed by atoms with E-state index in [0.29, 0.717) is 0 Å². The van der Waals surface area contributed by atoms with E-state index in [0.717, 1.165) is 16.7 Å². The van der Waals surface area contributed by atoms with Crippen molar-refractivity contribution in [1.29, 1.82) is 0 Å². The van der Waals surface area contributed by atoms with Crippen molar-refractivity contribution in [2.24, 2.45) is 0 Å². The summed E-state index contributed by atoms with van der Waals surface area (Å²) < 4.78 is 43.5. The van der Waals surface area contributed by atoms with Crippen LogP contribution in [0.5, 0.6) is 0 Å². The van der Waals surface area contributed by atoms with Gasteiger partial charge >= 0.3 is 26.1 Å². The molecule has 3 N–H and O–H groups in total. The van der Waals surface area contributed by atoms with Crippen LogP contribution in [-0.4, -0.2) is 38.5 Å². The minimum absolute atomic E-state index is 0.00135. The van der Waals surface area contributed by atoms with E-state index < -0.39 is 46.3 Å². The Kier molecular flexibility index (Phi) is 13.1. The van der Waals surface area contributed by atoms with Crippen LogP contribution in [0.1, 0.15) is 16.7 Å². The molecule has 3 amide bonds. The highest BCUT2D eigenvalue weighted by molar-refractivity contribution is 7.48. The molecule has 3 aromatic rings. The molecule has 3 rings (SSSR count). The van der Waals surface area contributed by atoms with Crippen LogP contribution >= 0.6 is 7.82 Å². The van der Waals surface area contributed by atoms with Crippen LogP contribution in [0.3, 0.4) is 0 Å². The van der Waals surface area contributed by atoms with Crippen LogP contribution in [0.15, 0.2) is 91.0 Å². The smallest absolute Gasteiger partial charge is 0.445 e. The summed E-state index contributed by atoms with van der Waals surface area (Å²) in [5.41, 5.74) is 2.28. The zero-order chi connectivity index (χ0) is 29.2. The van der Waals surface area contributed by atoms with Gasteiger partial charge in [0.25, 0.3) is 0 Å². The molecule has 0 saturated heterocycles. The van der Waals surface area contributed by atoms with Crippen molar-refractivity contribution in [3.05, 3.63) is 108 Å². The van der Waals surface area contributed by atoms with Crippen molar-refractivity contribution in [2.45, 2.75) is 19.8 Å². The maximum absolute atomic E-state index is 13.1. The quantitative estimate of drug-likeness (QED) is 0.128. The number of amides is 3. The largest absolute Gasteiger partial charge is 0.479 e. The van der Waals surface area contributed by atoms with Crippen LogP contribution in [0, 0.1) is 0 Å². The molecule has 0 unspecified atom stereocenters. The van der Waals surface area contributed by atoms with E-state index in [2.05, 4.69) is 16.0 Å². The molecule has 3 aromatic carbocycles. The van der Waals surface area contributed by atoms with E-state index in [1.165, 1.54) is 0 Å². The summed E-state index contributed by atoms with van der Waals surface area (Å²) >= 11 is 0. The topological polar surface area (TPSA) is 160 Å². The first kappa shape index (κ1) is 31.1. The Morgan fingerprint density at radius 3 is 1.02 bits per heavy atom. The molecule has 0 saturated carbocycles. The van der Waals surface area contributed by atoms with Crippen molar-refractivity contribution in [2.75, 3.05) is 20.2 Å². The molecule has 0 heterocycles. The number of hydrogen-bond donors (Lipinski definition) is 3. The van der Waals surface area contributed by atoms with Crippen LogP contribution < -0.4 is 16.0 Å². The summed E-state index contributed by atoms with van der Waals surface area (Å²) in [6.45, 7) is -1.91. The molecule has 0 radical (unpaired) electrons. The number of carbonyl (C=O) groups excluding carboxylic acids is 3. The lowest BCUT2D eigenvalue weighted by Crippen LogP contribution is -2.30. The molecule has 0 aliphatic carbocycles. The molecular formula is C27H30N3O10P. The van der Waals surface area contributed by atoms with Gasteiger partial charge in [-0.2, -0.15) is 0 Å². The van der Waals surface area contributed by atoms with E-state index in [-0.39, 0.29) is 19.8 Å². The second-order valence-electron chi connectivity index (χ2n) is 7.98. The van der Waals surface area contributed by atoms with Gasteiger partial charge in [-0.25, -0.2) is 18.9 Å². The number of benzene rings is 3. The highest BCUT2D eigenvalue weighted by Gasteiger charge is 2.28. The van der Waals surface area contributed by atoms with Crippen LogP contribution in [0.2, 0.25) is 0 Å². The van der Waals surface area contributed by atoms with Gasteiger partial charge in [0.1, 0.15) is 40.0 Å². The number of ether oxygens (including phenoxy) is 3. The Morgan fingerprint density at radius 2 is 0.756 bits per heavy atom. The fourth-order valence-electron chi connectivity index (χ4n) is 2.95. The fraction of sp³-hybridized carbons (Fsp3) is 0.222. The molecule has 13 nitrogen and oxygen atoms in total. The minimum atomic E-state index is -4.43. The van der Waals surface area contributed by atoms with Crippen LogP contribution in [0.4, 0.5) is 14.4 Å². The lowest BCUT2D eigenvalue weighted by Gasteiger charge is -2.18. The molecule has 0 aromatic heterocycles.